The van der Waals surface area contributed by atoms with E-state index in [4.69, 9.17) is 0 Å². The fourth-order valence-corrected chi connectivity index (χ4v) is 1.05. The number of nitrogens with one attached hydrogen (secondary N) is 1. The van der Waals surface area contributed by atoms with Crippen molar-refractivity contribution in [2.24, 2.45) is 0 Å². The molecule has 1 aromatic heterocycles. The van der Waals surface area contributed by atoms with Gasteiger partial charge in [0, 0.05) is 6.20 Å². The second-order valence-electron chi connectivity index (χ2n) is 2.94. The fraction of sp³-hybridized carbons (Fsp3) is 0.250. The molecule has 1 aromatic rings. The van der Waals surface area contributed by atoms with E-state index in [1.165, 1.54) is 4.98 Å². The van der Waals surface area contributed by atoms with Crippen LogP contribution >= 0.6 is 0 Å². The first-order valence-corrected chi connectivity index (χ1v) is 4.10. The van der Waals surface area contributed by atoms with Gasteiger partial charge in [0.25, 0.3) is 0 Å². The Balaban J connectivity index is 3.40. The minimum atomic E-state index is -5.25. The van der Waals surface area contributed by atoms with Crippen LogP contribution in [-0.2, 0) is 6.18 Å². The monoisotopic (exact) mass is 275 g/mol. The Morgan fingerprint density at radius 2 is 1.72 bits per heavy atom. The minimum absolute atomic E-state index is 0.00356. The molecule has 0 unspecified atom stereocenters. The largest absolute Gasteiger partial charge is 0.574 e. The summed E-state index contributed by atoms with van der Waals surface area (Å²) in [5.74, 6) is -1.39. The molecule has 0 aromatic carbocycles. The number of aldehydes is 1. The second kappa shape index (κ2) is 4.35. The van der Waals surface area contributed by atoms with E-state index < -0.39 is 41.3 Å². The van der Waals surface area contributed by atoms with Crippen molar-refractivity contribution in [3.63, 3.8) is 0 Å². The Kier molecular flexibility index (Phi) is 3.40. The molecule has 1 rings (SSSR count). The molecule has 0 amide bonds. The van der Waals surface area contributed by atoms with Crippen molar-refractivity contribution >= 4 is 6.29 Å². The van der Waals surface area contributed by atoms with Crippen molar-refractivity contribution in [3.05, 3.63) is 27.5 Å². The molecule has 0 saturated heterocycles. The number of rotatable bonds is 2. The highest BCUT2D eigenvalue weighted by Gasteiger charge is 2.38. The van der Waals surface area contributed by atoms with Gasteiger partial charge in [-0.3, -0.25) is 9.59 Å². The highest BCUT2D eigenvalue weighted by molar-refractivity contribution is 5.78. The predicted molar refractivity (Wildman–Crippen MR) is 44.1 cm³/mol. The Labute approximate surface area is 94.2 Å². The maximum Gasteiger partial charge on any atom is 0.574 e. The quantitative estimate of drug-likeness (QED) is 0.664. The number of ether oxygens (including phenoxy) is 1. The first kappa shape index (κ1) is 14.1. The van der Waals surface area contributed by atoms with Crippen molar-refractivity contribution in [2.75, 3.05) is 0 Å². The number of hydrogen-bond acceptors (Lipinski definition) is 3. The molecule has 0 saturated carbocycles. The van der Waals surface area contributed by atoms with Crippen molar-refractivity contribution in [2.45, 2.75) is 12.5 Å². The Morgan fingerprint density at radius 3 is 2.11 bits per heavy atom. The first-order valence-electron chi connectivity index (χ1n) is 4.10. The van der Waals surface area contributed by atoms with Gasteiger partial charge in [-0.05, 0) is 0 Å². The highest BCUT2D eigenvalue weighted by Crippen LogP contribution is 2.28. The lowest BCUT2D eigenvalue weighted by Gasteiger charge is -2.12. The first-order chi connectivity index (χ1) is 8.06. The van der Waals surface area contributed by atoms with Crippen molar-refractivity contribution in [1.82, 2.24) is 4.98 Å². The van der Waals surface area contributed by atoms with Crippen LogP contribution in [-0.4, -0.2) is 17.6 Å². The summed E-state index contributed by atoms with van der Waals surface area (Å²) in [7, 11) is 0. The average molecular weight is 275 g/mol. The van der Waals surface area contributed by atoms with Gasteiger partial charge in [0.1, 0.15) is 11.1 Å². The third-order valence-corrected chi connectivity index (χ3v) is 1.72. The smallest absolute Gasteiger partial charge is 0.389 e. The van der Waals surface area contributed by atoms with Crippen LogP contribution in [0.15, 0.2) is 11.0 Å². The van der Waals surface area contributed by atoms with Gasteiger partial charge in [-0.1, -0.05) is 0 Å². The molecule has 0 aliphatic carbocycles. The molecule has 100 valence electrons. The SMILES string of the molecule is O=Cc1c(OC(F)(F)F)[nH]cc(C(F)(F)F)c1=O. The van der Waals surface area contributed by atoms with Crippen LogP contribution in [0.1, 0.15) is 15.9 Å². The standard InChI is InChI=1S/C8H3F6NO3/c9-7(10,11)4-1-15-6(18-8(12,13)14)3(2-16)5(4)17/h1-2H,(H,15,17). The number of carbonyl (C=O) groups excluding carboxylic acids is 1. The molecule has 0 radical (unpaired) electrons. The summed E-state index contributed by atoms with van der Waals surface area (Å²) in [6.07, 6.45) is -10.8. The summed E-state index contributed by atoms with van der Waals surface area (Å²) in [5, 5.41) is 0. The van der Waals surface area contributed by atoms with E-state index in [1.807, 2.05) is 0 Å². The lowest BCUT2D eigenvalue weighted by atomic mass is 10.2. The van der Waals surface area contributed by atoms with Gasteiger partial charge in [-0.15, -0.1) is 13.2 Å². The van der Waals surface area contributed by atoms with Crippen molar-refractivity contribution in [3.8, 4) is 5.88 Å². The van der Waals surface area contributed by atoms with Crippen LogP contribution in [0.2, 0.25) is 0 Å². The molecule has 1 heterocycles. The number of aromatic nitrogens is 1. The summed E-state index contributed by atoms with van der Waals surface area (Å²) >= 11 is 0. The van der Waals surface area contributed by atoms with Crippen molar-refractivity contribution in [1.29, 1.82) is 0 Å². The van der Waals surface area contributed by atoms with Crippen LogP contribution in [0.4, 0.5) is 26.3 Å². The summed E-state index contributed by atoms with van der Waals surface area (Å²) in [6, 6.07) is 0. The second-order valence-corrected chi connectivity index (χ2v) is 2.94. The van der Waals surface area contributed by atoms with Crippen LogP contribution in [0.5, 0.6) is 5.88 Å². The molecule has 0 spiro atoms. The third kappa shape index (κ3) is 3.02. The molecule has 18 heavy (non-hydrogen) atoms. The average Bonchev–Trinajstić information content (AvgIpc) is 2.13. The number of pyridine rings is 1. The van der Waals surface area contributed by atoms with E-state index >= 15 is 0 Å². The number of carbonyl (C=O) groups is 1. The molecule has 0 fully saturated rings. The maximum atomic E-state index is 12.2. The molecular weight excluding hydrogens is 272 g/mol. The number of halogens is 6. The predicted octanol–water partition coefficient (Wildman–Crippen LogP) is 2.10. The van der Waals surface area contributed by atoms with Crippen LogP contribution in [0.3, 0.4) is 0 Å². The summed E-state index contributed by atoms with van der Waals surface area (Å²) in [5.41, 5.74) is -5.07. The Bertz CT molecular complexity index is 515. The van der Waals surface area contributed by atoms with E-state index in [2.05, 4.69) is 4.74 Å². The van der Waals surface area contributed by atoms with Gasteiger partial charge in [0.2, 0.25) is 11.3 Å². The van der Waals surface area contributed by atoms with E-state index in [9.17, 15) is 35.9 Å². The lowest BCUT2D eigenvalue weighted by Crippen LogP contribution is -2.26. The van der Waals surface area contributed by atoms with Gasteiger partial charge in [0.05, 0.1) is 0 Å². The van der Waals surface area contributed by atoms with Gasteiger partial charge in [-0.25, -0.2) is 0 Å². The zero-order chi connectivity index (χ0) is 14.1. The molecule has 10 heteroatoms. The topological polar surface area (TPSA) is 59.2 Å². The zero-order valence-electron chi connectivity index (χ0n) is 8.15. The normalized spacial score (nSPS) is 12.3. The lowest BCUT2D eigenvalue weighted by molar-refractivity contribution is -0.276. The molecule has 0 aliphatic rings. The number of hydrogen-bond donors (Lipinski definition) is 1. The van der Waals surface area contributed by atoms with Crippen LogP contribution in [0.25, 0.3) is 0 Å². The minimum Gasteiger partial charge on any atom is -0.389 e. The molecule has 0 aliphatic heterocycles. The van der Waals surface area contributed by atoms with E-state index in [1.54, 1.807) is 0 Å². The van der Waals surface area contributed by atoms with Gasteiger partial charge in [-0.2, -0.15) is 13.2 Å². The van der Waals surface area contributed by atoms with E-state index in [0.29, 0.717) is 0 Å². The Hall–Kier alpha value is -2.00. The van der Waals surface area contributed by atoms with Crippen molar-refractivity contribution < 1.29 is 35.9 Å². The van der Waals surface area contributed by atoms with E-state index in [-0.39, 0.29) is 6.20 Å². The highest BCUT2D eigenvalue weighted by atomic mass is 19.4. The van der Waals surface area contributed by atoms with E-state index in [0.717, 1.165) is 0 Å². The fourth-order valence-electron chi connectivity index (χ4n) is 1.05. The van der Waals surface area contributed by atoms with Gasteiger partial charge >= 0.3 is 12.5 Å². The zero-order valence-corrected chi connectivity index (χ0v) is 8.15. The summed E-state index contributed by atoms with van der Waals surface area (Å²) < 4.78 is 75.4. The number of H-pyrrole nitrogens is 1. The molecule has 0 atom stereocenters. The molecule has 1 N–H and O–H groups in total. The number of aromatic amines is 1. The van der Waals surface area contributed by atoms with Crippen LogP contribution in [0, 0.1) is 0 Å². The number of alkyl halides is 6. The third-order valence-electron chi connectivity index (χ3n) is 1.72. The summed E-state index contributed by atoms with van der Waals surface area (Å²) in [4.78, 5) is 23.0. The summed E-state index contributed by atoms with van der Waals surface area (Å²) in [6.45, 7) is 0. The Morgan fingerprint density at radius 1 is 1.17 bits per heavy atom. The molecule has 4 nitrogen and oxygen atoms in total. The molecular formula is C8H3F6NO3. The van der Waals surface area contributed by atoms with Gasteiger partial charge < -0.3 is 9.72 Å². The van der Waals surface area contributed by atoms with Gasteiger partial charge in [0.15, 0.2) is 6.29 Å². The van der Waals surface area contributed by atoms with Crippen LogP contribution < -0.4 is 10.2 Å². The molecule has 0 bridgehead atoms. The maximum absolute atomic E-state index is 12.2.